The van der Waals surface area contributed by atoms with Gasteiger partial charge in [0, 0.05) is 5.56 Å². The highest BCUT2D eigenvalue weighted by Crippen LogP contribution is 2.23. The number of benzene rings is 2. The second-order valence-corrected chi connectivity index (χ2v) is 3.04. The molecule has 0 aliphatic carbocycles. The van der Waals surface area contributed by atoms with E-state index in [2.05, 4.69) is 5.10 Å². The molecular formula is C11H10N2O. The Kier molecular flexibility index (Phi) is 2.07. The summed E-state index contributed by atoms with van der Waals surface area (Å²) in [5, 5.41) is 15.0. The lowest BCUT2D eigenvalue weighted by atomic mass is 10.1. The van der Waals surface area contributed by atoms with E-state index >= 15 is 0 Å². The third-order valence-electron chi connectivity index (χ3n) is 2.11. The first-order chi connectivity index (χ1) is 6.81. The number of nitrogens with zero attached hydrogens (tertiary/aromatic N) is 1. The van der Waals surface area contributed by atoms with E-state index < -0.39 is 0 Å². The number of phenolic OH excluding ortho intramolecular Hbond substituents is 1. The van der Waals surface area contributed by atoms with Crippen LogP contribution < -0.4 is 5.84 Å². The quantitative estimate of drug-likeness (QED) is 0.405. The molecule has 0 bridgehead atoms. The maximum Gasteiger partial charge on any atom is 0.125 e. The maximum absolute atomic E-state index is 9.59. The molecule has 2 aromatic carbocycles. The average molecular weight is 186 g/mol. The molecule has 0 fully saturated rings. The second-order valence-electron chi connectivity index (χ2n) is 3.04. The standard InChI is InChI=1S/C11H10N2O/c12-13-7-10-5-8-3-1-2-4-9(8)6-11(10)14/h1-7,14H,12H2. The maximum atomic E-state index is 9.59. The summed E-state index contributed by atoms with van der Waals surface area (Å²) in [7, 11) is 0. The van der Waals surface area contributed by atoms with Gasteiger partial charge in [-0.15, -0.1) is 0 Å². The zero-order valence-electron chi connectivity index (χ0n) is 7.51. The molecule has 0 aliphatic rings. The highest BCUT2D eigenvalue weighted by Gasteiger charge is 2.00. The minimum atomic E-state index is 0.193. The number of hydrogen-bond donors (Lipinski definition) is 2. The molecule has 70 valence electrons. The highest BCUT2D eigenvalue weighted by molar-refractivity contribution is 5.93. The molecule has 14 heavy (non-hydrogen) atoms. The van der Waals surface area contributed by atoms with Gasteiger partial charge in [0.15, 0.2) is 0 Å². The van der Waals surface area contributed by atoms with Crippen molar-refractivity contribution in [2.75, 3.05) is 0 Å². The van der Waals surface area contributed by atoms with E-state index in [4.69, 9.17) is 5.84 Å². The van der Waals surface area contributed by atoms with Crippen molar-refractivity contribution < 1.29 is 5.11 Å². The average Bonchev–Trinajstić information content (AvgIpc) is 2.19. The summed E-state index contributed by atoms with van der Waals surface area (Å²) in [4.78, 5) is 0. The summed E-state index contributed by atoms with van der Waals surface area (Å²) < 4.78 is 0. The number of nitrogens with two attached hydrogens (primary N) is 1. The van der Waals surface area contributed by atoms with Crippen LogP contribution in [0.5, 0.6) is 5.75 Å². The molecular weight excluding hydrogens is 176 g/mol. The third kappa shape index (κ3) is 1.40. The van der Waals surface area contributed by atoms with Gasteiger partial charge >= 0.3 is 0 Å². The fourth-order valence-corrected chi connectivity index (χ4v) is 1.43. The van der Waals surface area contributed by atoms with Gasteiger partial charge in [-0.2, -0.15) is 5.10 Å². The molecule has 0 amide bonds. The van der Waals surface area contributed by atoms with Crippen molar-refractivity contribution in [3.05, 3.63) is 42.0 Å². The normalized spacial score (nSPS) is 11.1. The topological polar surface area (TPSA) is 58.6 Å². The number of hydrogen-bond acceptors (Lipinski definition) is 3. The Bertz CT molecular complexity index is 492. The molecule has 3 heteroatoms. The first kappa shape index (κ1) is 8.56. The molecule has 3 N–H and O–H groups in total. The van der Waals surface area contributed by atoms with Crippen LogP contribution in [0, 0.1) is 0 Å². The molecule has 0 aliphatic heterocycles. The van der Waals surface area contributed by atoms with Crippen molar-refractivity contribution in [3.63, 3.8) is 0 Å². The Morgan fingerprint density at radius 1 is 1.14 bits per heavy atom. The number of rotatable bonds is 1. The minimum absolute atomic E-state index is 0.193. The van der Waals surface area contributed by atoms with E-state index in [-0.39, 0.29) is 5.75 Å². The van der Waals surface area contributed by atoms with Crippen molar-refractivity contribution in [3.8, 4) is 5.75 Å². The number of fused-ring (bicyclic) bond motifs is 1. The molecule has 0 spiro atoms. The number of phenols is 1. The molecule has 2 aromatic rings. The van der Waals surface area contributed by atoms with Crippen molar-refractivity contribution >= 4 is 17.0 Å². The summed E-state index contributed by atoms with van der Waals surface area (Å²) in [6, 6.07) is 11.3. The van der Waals surface area contributed by atoms with Crippen molar-refractivity contribution in [2.45, 2.75) is 0 Å². The SMILES string of the molecule is NN=Cc1cc2ccccc2cc1O. The van der Waals surface area contributed by atoms with Crippen LogP contribution >= 0.6 is 0 Å². The van der Waals surface area contributed by atoms with E-state index in [1.165, 1.54) is 6.21 Å². The Balaban J connectivity index is 2.70. The zero-order valence-corrected chi connectivity index (χ0v) is 7.51. The predicted molar refractivity (Wildman–Crippen MR) is 57.4 cm³/mol. The Labute approximate surface area is 81.5 Å². The molecule has 0 unspecified atom stereocenters. The fourth-order valence-electron chi connectivity index (χ4n) is 1.43. The largest absolute Gasteiger partial charge is 0.507 e. The lowest BCUT2D eigenvalue weighted by Crippen LogP contribution is -1.87. The number of hydrazone groups is 1. The minimum Gasteiger partial charge on any atom is -0.507 e. The summed E-state index contributed by atoms with van der Waals surface area (Å²) >= 11 is 0. The molecule has 0 saturated heterocycles. The second kappa shape index (κ2) is 3.38. The van der Waals surface area contributed by atoms with Crippen molar-refractivity contribution in [1.29, 1.82) is 0 Å². The van der Waals surface area contributed by atoms with Gasteiger partial charge in [0.2, 0.25) is 0 Å². The third-order valence-corrected chi connectivity index (χ3v) is 2.11. The summed E-state index contributed by atoms with van der Waals surface area (Å²) in [5.74, 6) is 5.22. The fraction of sp³-hybridized carbons (Fsp3) is 0. The lowest BCUT2D eigenvalue weighted by Gasteiger charge is -2.01. The van der Waals surface area contributed by atoms with Gasteiger partial charge in [-0.1, -0.05) is 24.3 Å². The molecule has 2 rings (SSSR count). The van der Waals surface area contributed by atoms with Crippen LogP contribution in [0.3, 0.4) is 0 Å². The van der Waals surface area contributed by atoms with Crippen LogP contribution in [-0.4, -0.2) is 11.3 Å². The molecule has 0 radical (unpaired) electrons. The van der Waals surface area contributed by atoms with E-state index in [1.807, 2.05) is 30.3 Å². The van der Waals surface area contributed by atoms with Crippen LogP contribution in [-0.2, 0) is 0 Å². The van der Waals surface area contributed by atoms with Gasteiger partial charge in [0.1, 0.15) is 5.75 Å². The van der Waals surface area contributed by atoms with Gasteiger partial charge in [-0.3, -0.25) is 0 Å². The number of aromatic hydroxyl groups is 1. The van der Waals surface area contributed by atoms with E-state index in [0.29, 0.717) is 5.56 Å². The zero-order chi connectivity index (χ0) is 9.97. The Hall–Kier alpha value is -2.03. The first-order valence-electron chi connectivity index (χ1n) is 4.26. The van der Waals surface area contributed by atoms with Crippen molar-refractivity contribution in [2.24, 2.45) is 10.9 Å². The molecule has 0 saturated carbocycles. The smallest absolute Gasteiger partial charge is 0.125 e. The molecule has 0 atom stereocenters. The predicted octanol–water partition coefficient (Wildman–Crippen LogP) is 1.84. The molecule has 0 heterocycles. The summed E-state index contributed by atoms with van der Waals surface area (Å²) in [6.07, 6.45) is 1.43. The van der Waals surface area contributed by atoms with E-state index in [0.717, 1.165) is 10.8 Å². The van der Waals surface area contributed by atoms with Gasteiger partial charge in [0.05, 0.1) is 6.21 Å². The van der Waals surface area contributed by atoms with Gasteiger partial charge < -0.3 is 10.9 Å². The monoisotopic (exact) mass is 186 g/mol. The van der Waals surface area contributed by atoms with Gasteiger partial charge in [0.25, 0.3) is 0 Å². The van der Waals surface area contributed by atoms with Crippen LogP contribution in [0.1, 0.15) is 5.56 Å². The van der Waals surface area contributed by atoms with Crippen LogP contribution in [0.2, 0.25) is 0 Å². The van der Waals surface area contributed by atoms with E-state index in [1.54, 1.807) is 6.07 Å². The summed E-state index contributed by atoms with van der Waals surface area (Å²) in [5.41, 5.74) is 0.631. The van der Waals surface area contributed by atoms with E-state index in [9.17, 15) is 5.11 Å². The van der Waals surface area contributed by atoms with Crippen molar-refractivity contribution in [1.82, 2.24) is 0 Å². The molecule has 0 aromatic heterocycles. The Morgan fingerprint density at radius 3 is 2.43 bits per heavy atom. The van der Waals surface area contributed by atoms with Gasteiger partial charge in [-0.25, -0.2) is 0 Å². The van der Waals surface area contributed by atoms with Crippen LogP contribution in [0.15, 0.2) is 41.5 Å². The van der Waals surface area contributed by atoms with Crippen LogP contribution in [0.4, 0.5) is 0 Å². The summed E-state index contributed by atoms with van der Waals surface area (Å²) in [6.45, 7) is 0. The Morgan fingerprint density at radius 2 is 1.79 bits per heavy atom. The first-order valence-corrected chi connectivity index (χ1v) is 4.26. The molecule has 3 nitrogen and oxygen atoms in total. The lowest BCUT2D eigenvalue weighted by molar-refractivity contribution is 0.475. The van der Waals surface area contributed by atoms with Gasteiger partial charge in [-0.05, 0) is 22.9 Å². The van der Waals surface area contributed by atoms with Crippen LogP contribution in [0.25, 0.3) is 10.8 Å². The highest BCUT2D eigenvalue weighted by atomic mass is 16.3.